The number of nitrogen functional groups attached to an aromatic ring is 1. The number of aryl methyl sites for hydroxylation is 1. The molecule has 0 saturated carbocycles. The van der Waals surface area contributed by atoms with E-state index in [0.29, 0.717) is 0 Å². The van der Waals surface area contributed by atoms with Crippen molar-refractivity contribution in [1.82, 2.24) is 4.57 Å². The van der Waals surface area contributed by atoms with Crippen LogP contribution in [-0.4, -0.2) is 10.3 Å². The summed E-state index contributed by atoms with van der Waals surface area (Å²) in [6, 6.07) is 68.9. The molecule has 0 fully saturated rings. The van der Waals surface area contributed by atoms with Crippen molar-refractivity contribution in [2.24, 2.45) is 4.99 Å². The first kappa shape index (κ1) is 33.6. The highest BCUT2D eigenvalue weighted by Gasteiger charge is 2.19. The van der Waals surface area contributed by atoms with Crippen molar-refractivity contribution >= 4 is 60.3 Å². The zero-order valence-corrected chi connectivity index (χ0v) is 31.7. The summed E-state index contributed by atoms with van der Waals surface area (Å²) in [5, 5.41) is 3.60. The Balaban J connectivity index is 1.15. The minimum Gasteiger partial charge on any atom is -0.398 e. The molecule has 0 radical (unpaired) electrons. The number of hydrogen-bond acceptors (Lipinski definition) is 3. The third-order valence-corrected chi connectivity index (χ3v) is 11.8. The first-order valence-electron chi connectivity index (χ1n) is 18.9. The number of nitrogens with zero attached hydrogens (tertiary/aromatic N) is 2. The highest BCUT2D eigenvalue weighted by Crippen LogP contribution is 2.41. The van der Waals surface area contributed by atoms with Gasteiger partial charge < -0.3 is 10.3 Å². The molecule has 2 heterocycles. The first-order chi connectivity index (χ1) is 27.6. The molecule has 2 N–H and O–H groups in total. The molecule has 0 aliphatic heterocycles. The van der Waals surface area contributed by atoms with Gasteiger partial charge in [-0.2, -0.15) is 0 Å². The molecule has 56 heavy (non-hydrogen) atoms. The van der Waals surface area contributed by atoms with E-state index in [9.17, 15) is 0 Å². The SMILES string of the molecule is Cc1sc2ccccc2c1N=C(c1cccc(-c2ccccc2)c1)c1ccccc1-c1cc(-c2ccc3c(c2)c2ccccc2n3-c2ccccc2)ccc1N. The van der Waals surface area contributed by atoms with Gasteiger partial charge in [0.05, 0.1) is 22.4 Å². The second-order valence-electron chi connectivity index (χ2n) is 14.2. The summed E-state index contributed by atoms with van der Waals surface area (Å²) in [7, 11) is 0. The third kappa shape index (κ3) is 5.88. The van der Waals surface area contributed by atoms with Crippen LogP contribution in [0.1, 0.15) is 16.0 Å². The van der Waals surface area contributed by atoms with Crippen LogP contribution in [0.25, 0.3) is 71.0 Å². The van der Waals surface area contributed by atoms with Gasteiger partial charge in [0.15, 0.2) is 0 Å². The maximum Gasteiger partial charge on any atom is 0.0852 e. The van der Waals surface area contributed by atoms with Crippen LogP contribution < -0.4 is 5.73 Å². The molecule has 0 bridgehead atoms. The molecule has 0 amide bonds. The molecule has 10 rings (SSSR count). The molecule has 0 atom stereocenters. The second-order valence-corrected chi connectivity index (χ2v) is 15.4. The Morgan fingerprint density at radius 2 is 1.14 bits per heavy atom. The van der Waals surface area contributed by atoms with Crippen molar-refractivity contribution < 1.29 is 0 Å². The van der Waals surface area contributed by atoms with E-state index < -0.39 is 0 Å². The molecule has 2 aromatic heterocycles. The summed E-state index contributed by atoms with van der Waals surface area (Å²) in [4.78, 5) is 6.78. The van der Waals surface area contributed by atoms with Gasteiger partial charge in [-0.05, 0) is 89.3 Å². The Labute approximate surface area is 330 Å². The van der Waals surface area contributed by atoms with Crippen molar-refractivity contribution in [3.8, 4) is 39.1 Å². The number of anilines is 1. The first-order valence-corrected chi connectivity index (χ1v) is 19.7. The molecule has 8 aromatic carbocycles. The quantitative estimate of drug-likeness (QED) is 0.129. The van der Waals surface area contributed by atoms with Crippen molar-refractivity contribution in [3.05, 3.63) is 210 Å². The van der Waals surface area contributed by atoms with E-state index >= 15 is 0 Å². The lowest BCUT2D eigenvalue weighted by molar-refractivity contribution is 1.18. The Kier molecular flexibility index (Phi) is 8.39. The number of nitrogens with two attached hydrogens (primary N) is 1. The molecular weight excluding hydrogens is 699 g/mol. The van der Waals surface area contributed by atoms with Crippen LogP contribution in [0.4, 0.5) is 11.4 Å². The van der Waals surface area contributed by atoms with E-state index in [1.165, 1.54) is 36.9 Å². The molecule has 0 saturated heterocycles. The fourth-order valence-corrected chi connectivity index (χ4v) is 9.07. The van der Waals surface area contributed by atoms with Crippen LogP contribution in [-0.2, 0) is 0 Å². The fraction of sp³-hybridized carbons (Fsp3) is 0.0192. The van der Waals surface area contributed by atoms with Gasteiger partial charge in [0, 0.05) is 53.8 Å². The minimum absolute atomic E-state index is 0.720. The van der Waals surface area contributed by atoms with Gasteiger partial charge in [0.1, 0.15) is 0 Å². The summed E-state index contributed by atoms with van der Waals surface area (Å²) in [6.45, 7) is 2.17. The zero-order chi connectivity index (χ0) is 37.6. The average molecular weight is 736 g/mol. The smallest absolute Gasteiger partial charge is 0.0852 e. The summed E-state index contributed by atoms with van der Waals surface area (Å²) < 4.78 is 3.58. The molecule has 0 spiro atoms. The summed E-state index contributed by atoms with van der Waals surface area (Å²) in [5.41, 5.74) is 21.7. The van der Waals surface area contributed by atoms with Gasteiger partial charge in [0.25, 0.3) is 0 Å². The predicted octanol–water partition coefficient (Wildman–Crippen LogP) is 14.1. The van der Waals surface area contributed by atoms with E-state index in [0.717, 1.165) is 67.1 Å². The topological polar surface area (TPSA) is 43.3 Å². The lowest BCUT2D eigenvalue weighted by atomic mass is 9.89. The number of para-hydroxylation sites is 2. The fourth-order valence-electron chi connectivity index (χ4n) is 8.06. The Hall–Kier alpha value is -7.01. The number of hydrogen-bond donors (Lipinski definition) is 1. The monoisotopic (exact) mass is 735 g/mol. The molecular formula is C52H37N3S. The van der Waals surface area contributed by atoms with E-state index in [-0.39, 0.29) is 0 Å². The van der Waals surface area contributed by atoms with Crippen LogP contribution in [0.2, 0.25) is 0 Å². The molecule has 3 nitrogen and oxygen atoms in total. The molecule has 0 aliphatic carbocycles. The van der Waals surface area contributed by atoms with E-state index in [1.807, 2.05) is 6.07 Å². The molecule has 266 valence electrons. The third-order valence-electron chi connectivity index (χ3n) is 10.8. The number of thiophene rings is 1. The van der Waals surface area contributed by atoms with E-state index in [2.05, 4.69) is 200 Å². The highest BCUT2D eigenvalue weighted by molar-refractivity contribution is 7.19. The summed E-state index contributed by atoms with van der Waals surface area (Å²) >= 11 is 1.79. The van der Waals surface area contributed by atoms with E-state index in [4.69, 9.17) is 10.7 Å². The van der Waals surface area contributed by atoms with Gasteiger partial charge in [-0.1, -0.05) is 140 Å². The Bertz CT molecular complexity index is 3100. The van der Waals surface area contributed by atoms with Crippen LogP contribution in [0.15, 0.2) is 199 Å². The predicted molar refractivity (Wildman–Crippen MR) is 240 cm³/mol. The van der Waals surface area contributed by atoms with Gasteiger partial charge in [-0.3, -0.25) is 0 Å². The highest BCUT2D eigenvalue weighted by atomic mass is 32.1. The molecule has 4 heteroatoms. The lowest BCUT2D eigenvalue weighted by Crippen LogP contribution is -2.06. The van der Waals surface area contributed by atoms with Gasteiger partial charge in [-0.15, -0.1) is 11.3 Å². The standard InChI is InChI=1S/C52H37N3S/c1-34-51(44-24-11-13-26-50(44)56-34)54-52(39-18-14-17-36(31-39)35-15-4-2-5-16-35)43-23-9-8-21-41(43)45-32-37(27-29-47(45)53)38-28-30-49-46(33-38)42-22-10-12-25-48(42)55(49)40-19-6-3-7-20-40/h2-33H,53H2,1H3. The largest absolute Gasteiger partial charge is 0.398 e. The Morgan fingerprint density at radius 1 is 0.500 bits per heavy atom. The normalized spacial score (nSPS) is 11.8. The number of rotatable bonds is 7. The number of benzene rings is 8. The van der Waals surface area contributed by atoms with Crippen molar-refractivity contribution in [2.45, 2.75) is 6.92 Å². The maximum absolute atomic E-state index is 6.93. The maximum atomic E-state index is 6.93. The van der Waals surface area contributed by atoms with Crippen molar-refractivity contribution in [3.63, 3.8) is 0 Å². The minimum atomic E-state index is 0.720. The van der Waals surface area contributed by atoms with Crippen LogP contribution >= 0.6 is 11.3 Å². The van der Waals surface area contributed by atoms with Crippen molar-refractivity contribution in [2.75, 3.05) is 5.73 Å². The van der Waals surface area contributed by atoms with Crippen LogP contribution in [0.5, 0.6) is 0 Å². The van der Waals surface area contributed by atoms with E-state index in [1.54, 1.807) is 11.3 Å². The van der Waals surface area contributed by atoms with Gasteiger partial charge >= 0.3 is 0 Å². The van der Waals surface area contributed by atoms with Gasteiger partial charge in [-0.25, -0.2) is 4.99 Å². The summed E-state index contributed by atoms with van der Waals surface area (Å²) in [6.07, 6.45) is 0. The zero-order valence-electron chi connectivity index (χ0n) is 30.9. The molecule has 10 aromatic rings. The number of aliphatic imine (C=N–C) groups is 1. The second kappa shape index (κ2) is 14.0. The van der Waals surface area contributed by atoms with Gasteiger partial charge in [0.2, 0.25) is 0 Å². The molecule has 0 aliphatic rings. The van der Waals surface area contributed by atoms with Crippen LogP contribution in [0, 0.1) is 6.92 Å². The summed E-state index contributed by atoms with van der Waals surface area (Å²) in [5.74, 6) is 0. The number of aromatic nitrogens is 1. The molecule has 0 unspecified atom stereocenters. The van der Waals surface area contributed by atoms with Crippen LogP contribution in [0.3, 0.4) is 0 Å². The number of fused-ring (bicyclic) bond motifs is 4. The van der Waals surface area contributed by atoms with Crippen molar-refractivity contribution in [1.29, 1.82) is 0 Å². The lowest BCUT2D eigenvalue weighted by Gasteiger charge is -2.17. The average Bonchev–Trinajstić information content (AvgIpc) is 3.76. The Morgan fingerprint density at radius 3 is 2.00 bits per heavy atom.